The average molecular weight is 487 g/mol. The standard InChI is InChI=1S/C24H30O7S.Na.H/c25-22(26)21(17-8-7-15-19-11-3-1-4-12-19)24(23(27)28,32(29,30)31)18-10-9-16-20-13-5-2-6-14-20;;/h1-6,11-14,21H,7-10,15-18H2,(H,25,26)(H,27,28)(H,29,30,31);;. The van der Waals surface area contributed by atoms with Gasteiger partial charge in [-0.05, 0) is 49.7 Å². The Morgan fingerprint density at radius 2 is 1.24 bits per heavy atom. The van der Waals surface area contributed by atoms with Gasteiger partial charge in [-0.25, -0.2) is 0 Å². The van der Waals surface area contributed by atoms with E-state index in [1.165, 1.54) is 0 Å². The molecule has 0 bridgehead atoms. The second kappa shape index (κ2) is 13.9. The molecular formula is C24H31NaO7S. The Morgan fingerprint density at radius 1 is 0.788 bits per heavy atom. The number of hydrogen-bond donors (Lipinski definition) is 3. The molecule has 2 unspecified atom stereocenters. The van der Waals surface area contributed by atoms with Crippen LogP contribution in [0.2, 0.25) is 0 Å². The van der Waals surface area contributed by atoms with E-state index in [1.54, 1.807) is 0 Å². The number of carboxylic acids is 2. The maximum atomic E-state index is 12.3. The zero-order chi connectivity index (χ0) is 23.6. The van der Waals surface area contributed by atoms with E-state index in [2.05, 4.69) is 0 Å². The van der Waals surface area contributed by atoms with Crippen molar-refractivity contribution in [1.29, 1.82) is 0 Å². The van der Waals surface area contributed by atoms with Crippen LogP contribution in [0.15, 0.2) is 60.7 Å². The molecule has 7 nitrogen and oxygen atoms in total. The summed E-state index contributed by atoms with van der Waals surface area (Å²) in [5.41, 5.74) is 2.07. The third kappa shape index (κ3) is 8.22. The van der Waals surface area contributed by atoms with Crippen LogP contribution in [0.5, 0.6) is 0 Å². The van der Waals surface area contributed by atoms with E-state index in [9.17, 15) is 32.8 Å². The first-order chi connectivity index (χ1) is 15.2. The number of rotatable bonds is 14. The Kier molecular flexibility index (Phi) is 12.3. The monoisotopic (exact) mass is 486 g/mol. The van der Waals surface area contributed by atoms with Crippen molar-refractivity contribution in [2.75, 3.05) is 0 Å². The molecule has 0 aromatic heterocycles. The average Bonchev–Trinajstić information content (AvgIpc) is 2.75. The van der Waals surface area contributed by atoms with Gasteiger partial charge in [0.25, 0.3) is 10.1 Å². The zero-order valence-electron chi connectivity index (χ0n) is 17.9. The number of carbonyl (C=O) groups is 2. The molecule has 0 aliphatic heterocycles. The molecule has 0 heterocycles. The molecule has 0 saturated heterocycles. The van der Waals surface area contributed by atoms with Crippen molar-refractivity contribution < 1.29 is 32.8 Å². The Hall–Kier alpha value is -1.71. The summed E-state index contributed by atoms with van der Waals surface area (Å²) in [5.74, 6) is -5.11. The summed E-state index contributed by atoms with van der Waals surface area (Å²) in [7, 11) is -5.18. The summed E-state index contributed by atoms with van der Waals surface area (Å²) in [6, 6.07) is 18.9. The molecule has 9 heteroatoms. The molecule has 176 valence electrons. The molecule has 0 spiro atoms. The van der Waals surface area contributed by atoms with Gasteiger partial charge in [-0.2, -0.15) is 8.42 Å². The maximum absolute atomic E-state index is 12.3. The second-order valence-electron chi connectivity index (χ2n) is 7.98. The van der Waals surface area contributed by atoms with Crippen molar-refractivity contribution in [1.82, 2.24) is 0 Å². The minimum absolute atomic E-state index is 0. The van der Waals surface area contributed by atoms with Gasteiger partial charge in [-0.1, -0.05) is 73.5 Å². The van der Waals surface area contributed by atoms with Gasteiger partial charge >= 0.3 is 41.5 Å². The second-order valence-corrected chi connectivity index (χ2v) is 9.66. The van der Waals surface area contributed by atoms with Gasteiger partial charge in [0, 0.05) is 0 Å². The molecule has 0 fully saturated rings. The van der Waals surface area contributed by atoms with Crippen LogP contribution < -0.4 is 0 Å². The van der Waals surface area contributed by atoms with E-state index < -0.39 is 39.1 Å². The number of unbranched alkanes of at least 4 members (excludes halogenated alkanes) is 2. The molecule has 33 heavy (non-hydrogen) atoms. The van der Waals surface area contributed by atoms with Crippen LogP contribution in [0.4, 0.5) is 0 Å². The summed E-state index contributed by atoms with van der Waals surface area (Å²) < 4.78 is 31.7. The van der Waals surface area contributed by atoms with E-state index in [0.29, 0.717) is 32.1 Å². The van der Waals surface area contributed by atoms with Crippen LogP contribution in [0.1, 0.15) is 49.7 Å². The predicted molar refractivity (Wildman–Crippen MR) is 128 cm³/mol. The Balaban J connectivity index is 0.00000544. The Morgan fingerprint density at radius 3 is 1.64 bits per heavy atom. The van der Waals surface area contributed by atoms with E-state index in [1.807, 2.05) is 60.7 Å². The first-order valence-electron chi connectivity index (χ1n) is 10.7. The van der Waals surface area contributed by atoms with E-state index in [0.717, 1.165) is 11.1 Å². The quantitative estimate of drug-likeness (QED) is 0.211. The number of aryl methyl sites for hydroxylation is 2. The molecule has 0 amide bonds. The molecule has 0 aliphatic carbocycles. The molecular weight excluding hydrogens is 455 g/mol. The van der Waals surface area contributed by atoms with Crippen molar-refractivity contribution >= 4 is 51.6 Å². The molecule has 2 aromatic carbocycles. The fourth-order valence-corrected chi connectivity index (χ4v) is 5.29. The van der Waals surface area contributed by atoms with Gasteiger partial charge in [0.1, 0.15) is 0 Å². The number of carboxylic acid groups (broad SMARTS) is 2. The molecule has 2 atom stereocenters. The van der Waals surface area contributed by atoms with Gasteiger partial charge < -0.3 is 10.2 Å². The third-order valence-electron chi connectivity index (χ3n) is 5.84. The van der Waals surface area contributed by atoms with Crippen molar-refractivity contribution in [2.45, 2.75) is 56.1 Å². The van der Waals surface area contributed by atoms with Gasteiger partial charge in [-0.15, -0.1) is 0 Å². The normalized spacial score (nSPS) is 14.0. The van der Waals surface area contributed by atoms with Crippen molar-refractivity contribution in [2.24, 2.45) is 5.92 Å². The summed E-state index contributed by atoms with van der Waals surface area (Å²) in [6.07, 6.45) is 2.14. The Labute approximate surface area is 217 Å². The van der Waals surface area contributed by atoms with Crippen molar-refractivity contribution in [3.8, 4) is 0 Å². The molecule has 0 saturated carbocycles. The SMILES string of the molecule is O=C(O)C(CCCCc1ccccc1)C(CCCCc1ccccc1)(C(=O)O)S(=O)(=O)O.[NaH]. The van der Waals surface area contributed by atoms with Crippen molar-refractivity contribution in [3.05, 3.63) is 71.8 Å². The van der Waals surface area contributed by atoms with Gasteiger partial charge in [0.2, 0.25) is 4.75 Å². The summed E-state index contributed by atoms with van der Waals surface area (Å²) >= 11 is 0. The number of hydrogen-bond acceptors (Lipinski definition) is 4. The van der Waals surface area contributed by atoms with Gasteiger partial charge in [-0.3, -0.25) is 14.1 Å². The zero-order valence-corrected chi connectivity index (χ0v) is 18.7. The fraction of sp³-hybridized carbons (Fsp3) is 0.417. The summed E-state index contributed by atoms with van der Waals surface area (Å²) in [6.45, 7) is 0. The van der Waals surface area contributed by atoms with Crippen molar-refractivity contribution in [3.63, 3.8) is 0 Å². The molecule has 0 radical (unpaired) electrons. The molecule has 2 aromatic rings. The van der Waals surface area contributed by atoms with Crippen LogP contribution in [0, 0.1) is 5.92 Å². The van der Waals surface area contributed by atoms with Gasteiger partial charge in [0.15, 0.2) is 0 Å². The topological polar surface area (TPSA) is 129 Å². The Bertz CT molecular complexity index is 980. The number of aliphatic carboxylic acids is 2. The van der Waals surface area contributed by atoms with Gasteiger partial charge in [0.05, 0.1) is 5.92 Å². The minimum atomic E-state index is -5.18. The summed E-state index contributed by atoms with van der Waals surface area (Å²) in [5, 5.41) is 19.6. The van der Waals surface area contributed by atoms with E-state index in [4.69, 9.17) is 0 Å². The molecule has 2 rings (SSSR count). The third-order valence-corrected chi connectivity index (χ3v) is 7.42. The van der Waals surface area contributed by atoms with Crippen LogP contribution >= 0.6 is 0 Å². The van der Waals surface area contributed by atoms with Crippen LogP contribution in [-0.4, -0.2) is 69.4 Å². The first kappa shape index (κ1) is 29.3. The number of benzene rings is 2. The predicted octanol–water partition coefficient (Wildman–Crippen LogP) is 3.58. The fourth-order valence-electron chi connectivity index (χ4n) is 4.09. The summed E-state index contributed by atoms with van der Waals surface area (Å²) in [4.78, 5) is 24.1. The van der Waals surface area contributed by atoms with E-state index >= 15 is 0 Å². The van der Waals surface area contributed by atoms with Crippen LogP contribution in [-0.2, 0) is 32.5 Å². The molecule has 0 aliphatic rings. The molecule has 3 N–H and O–H groups in total. The van der Waals surface area contributed by atoms with E-state index in [-0.39, 0.29) is 42.4 Å². The van der Waals surface area contributed by atoms with Crippen LogP contribution in [0.3, 0.4) is 0 Å². The first-order valence-corrected chi connectivity index (χ1v) is 12.1. The van der Waals surface area contributed by atoms with Crippen LogP contribution in [0.25, 0.3) is 0 Å².